The average Bonchev–Trinajstić information content (AvgIpc) is 3.36. The topological polar surface area (TPSA) is 175 Å². The number of carbonyl (C=O) groups is 2. The first-order valence-corrected chi connectivity index (χ1v) is 28.9. The van der Waals surface area contributed by atoms with Gasteiger partial charge in [-0.1, -0.05) is 191 Å². The summed E-state index contributed by atoms with van der Waals surface area (Å²) in [6.07, 6.45) is 50.7. The molecule has 0 saturated carbocycles. The van der Waals surface area contributed by atoms with E-state index in [1.54, 1.807) is 6.08 Å². The summed E-state index contributed by atoms with van der Waals surface area (Å²) in [6, 6.07) is -0.839. The third-order valence-electron chi connectivity index (χ3n) is 13.4. The summed E-state index contributed by atoms with van der Waals surface area (Å²) < 4.78 is 16.6. The van der Waals surface area contributed by atoms with Crippen molar-refractivity contribution in [2.24, 2.45) is 0 Å². The molecule has 1 fully saturated rings. The Balaban J connectivity index is 2.06. The quantitative estimate of drug-likeness (QED) is 0.0196. The van der Waals surface area contributed by atoms with Crippen LogP contribution in [0.15, 0.2) is 48.6 Å². The molecule has 1 rings (SSSR count). The minimum Gasteiger partial charge on any atom is -0.466 e. The molecular weight excluding hydrogens is 883 g/mol. The van der Waals surface area contributed by atoms with Crippen LogP contribution in [-0.2, 0) is 23.8 Å². The van der Waals surface area contributed by atoms with Crippen LogP contribution in [0.3, 0.4) is 0 Å². The molecule has 0 aromatic heterocycles. The molecule has 0 aromatic carbocycles. The molecule has 6 N–H and O–H groups in total. The molecule has 11 heteroatoms. The van der Waals surface area contributed by atoms with E-state index in [-0.39, 0.29) is 18.5 Å². The van der Waals surface area contributed by atoms with Gasteiger partial charge in [0.05, 0.1) is 32.0 Å². The van der Waals surface area contributed by atoms with Crippen LogP contribution in [-0.4, -0.2) is 100 Å². The van der Waals surface area contributed by atoms with E-state index in [4.69, 9.17) is 14.2 Å². The number of hydrogen-bond donors (Lipinski definition) is 6. The molecule has 70 heavy (non-hydrogen) atoms. The van der Waals surface area contributed by atoms with Gasteiger partial charge < -0.3 is 45.1 Å². The van der Waals surface area contributed by atoms with Gasteiger partial charge in [0.2, 0.25) is 5.91 Å². The van der Waals surface area contributed by atoms with Crippen LogP contribution in [0.5, 0.6) is 0 Å². The summed E-state index contributed by atoms with van der Waals surface area (Å²) in [6.45, 7) is 4.22. The van der Waals surface area contributed by atoms with Crippen molar-refractivity contribution in [3.63, 3.8) is 0 Å². The lowest BCUT2D eigenvalue weighted by atomic mass is 9.99. The summed E-state index contributed by atoms with van der Waals surface area (Å²) in [4.78, 5) is 25.1. The molecule has 408 valence electrons. The van der Waals surface area contributed by atoms with Crippen molar-refractivity contribution in [3.8, 4) is 0 Å². The lowest BCUT2D eigenvalue weighted by Gasteiger charge is -2.40. The highest BCUT2D eigenvalue weighted by atomic mass is 16.7. The second-order valence-electron chi connectivity index (χ2n) is 20.0. The first-order valence-electron chi connectivity index (χ1n) is 28.9. The monoisotopic (exact) mass is 990 g/mol. The van der Waals surface area contributed by atoms with E-state index in [0.29, 0.717) is 19.4 Å². The average molecular weight is 991 g/mol. The van der Waals surface area contributed by atoms with Gasteiger partial charge in [0.15, 0.2) is 6.29 Å². The van der Waals surface area contributed by atoms with Gasteiger partial charge >= 0.3 is 5.97 Å². The number of rotatable bonds is 49. The van der Waals surface area contributed by atoms with Crippen molar-refractivity contribution in [1.82, 2.24) is 5.32 Å². The predicted octanol–water partition coefficient (Wildman–Crippen LogP) is 12.9. The largest absolute Gasteiger partial charge is 0.466 e. The van der Waals surface area contributed by atoms with Gasteiger partial charge in [-0.15, -0.1) is 0 Å². The van der Waals surface area contributed by atoms with Gasteiger partial charge in [-0.25, -0.2) is 0 Å². The maximum Gasteiger partial charge on any atom is 0.305 e. The highest BCUT2D eigenvalue weighted by Crippen LogP contribution is 2.23. The number of hydrogen-bond acceptors (Lipinski definition) is 10. The van der Waals surface area contributed by atoms with Crippen LogP contribution >= 0.6 is 0 Å². The van der Waals surface area contributed by atoms with Gasteiger partial charge in [0, 0.05) is 12.8 Å². The van der Waals surface area contributed by atoms with Crippen LogP contribution < -0.4 is 5.32 Å². The molecule has 0 bridgehead atoms. The first kappa shape index (κ1) is 65.6. The highest BCUT2D eigenvalue weighted by molar-refractivity contribution is 5.76. The maximum atomic E-state index is 13.0. The van der Waals surface area contributed by atoms with E-state index in [1.165, 1.54) is 135 Å². The summed E-state index contributed by atoms with van der Waals surface area (Å²) in [5, 5.41) is 54.1. The third-order valence-corrected chi connectivity index (χ3v) is 13.4. The lowest BCUT2D eigenvalue weighted by molar-refractivity contribution is -0.302. The fourth-order valence-electron chi connectivity index (χ4n) is 8.73. The molecule has 1 aliphatic heterocycles. The van der Waals surface area contributed by atoms with Crippen molar-refractivity contribution in [2.75, 3.05) is 19.8 Å². The Morgan fingerprint density at radius 2 is 0.929 bits per heavy atom. The summed E-state index contributed by atoms with van der Waals surface area (Å²) in [7, 11) is 0. The van der Waals surface area contributed by atoms with E-state index in [9.17, 15) is 35.1 Å². The van der Waals surface area contributed by atoms with Gasteiger partial charge in [0.1, 0.15) is 24.4 Å². The zero-order valence-corrected chi connectivity index (χ0v) is 44.7. The van der Waals surface area contributed by atoms with Crippen LogP contribution in [0.1, 0.15) is 251 Å². The number of esters is 1. The van der Waals surface area contributed by atoms with E-state index in [2.05, 4.69) is 55.6 Å². The van der Waals surface area contributed by atoms with Gasteiger partial charge in [-0.05, 0) is 96.3 Å². The summed E-state index contributed by atoms with van der Waals surface area (Å²) in [5.41, 5.74) is 0. The van der Waals surface area contributed by atoms with Crippen LogP contribution in [0.4, 0.5) is 0 Å². The number of aliphatic hydroxyl groups excluding tert-OH is 5. The zero-order chi connectivity index (χ0) is 51.0. The molecule has 1 heterocycles. The minimum absolute atomic E-state index is 0.0258. The normalized spacial score (nSPS) is 19.6. The molecule has 1 aliphatic rings. The van der Waals surface area contributed by atoms with Crippen molar-refractivity contribution >= 4 is 11.9 Å². The molecule has 7 atom stereocenters. The van der Waals surface area contributed by atoms with Crippen molar-refractivity contribution in [1.29, 1.82) is 0 Å². The van der Waals surface area contributed by atoms with Crippen molar-refractivity contribution in [2.45, 2.75) is 294 Å². The van der Waals surface area contributed by atoms with Crippen LogP contribution in [0.2, 0.25) is 0 Å². The fourth-order valence-corrected chi connectivity index (χ4v) is 8.73. The molecule has 0 radical (unpaired) electrons. The first-order chi connectivity index (χ1) is 34.2. The third kappa shape index (κ3) is 38.3. The molecular formula is C59H107NO10. The number of allylic oxidation sites excluding steroid dienone is 7. The second-order valence-corrected chi connectivity index (χ2v) is 20.0. The van der Waals surface area contributed by atoms with Crippen molar-refractivity contribution < 1.29 is 49.3 Å². The van der Waals surface area contributed by atoms with Gasteiger partial charge in [-0.2, -0.15) is 0 Å². The summed E-state index contributed by atoms with van der Waals surface area (Å²) >= 11 is 0. The SMILES string of the molecule is CCCCC/C=C/CC/C=C/C(O)C(COC1OC(CO)C(O)C(O)C1O)NC(=O)CCCCCCC/C=C\CCCCCCCCCOC(=O)CCCCCCCCC/C=C\CCCCCCCC. The fraction of sp³-hybridized carbons (Fsp3) is 0.831. The number of ether oxygens (including phenoxy) is 3. The Morgan fingerprint density at radius 3 is 1.44 bits per heavy atom. The van der Waals surface area contributed by atoms with Gasteiger partial charge in [-0.3, -0.25) is 9.59 Å². The van der Waals surface area contributed by atoms with E-state index >= 15 is 0 Å². The Hall–Kier alpha value is -2.38. The zero-order valence-electron chi connectivity index (χ0n) is 44.7. The number of amides is 1. The maximum absolute atomic E-state index is 13.0. The number of carbonyl (C=O) groups excluding carboxylic acids is 2. The standard InChI is InChI=1S/C59H107NO10/c1-3-5-7-9-11-13-14-15-16-17-21-24-27-31-35-39-43-47-55(64)68-48-44-40-36-32-28-25-22-19-18-20-23-26-30-34-38-42-46-54(63)60-51(52(62)45-41-37-33-29-12-10-8-6-4-2)50-69-59-58(67)57(66)56(65)53(49-61)70-59/h12,15-16,18,20,29,41,45,51-53,56-59,61-62,65-67H,3-11,13-14,17,19,21-28,30-40,42-44,46-50H2,1-2H3,(H,60,63)/b16-15-,20-18-,29-12+,45-41+. The minimum atomic E-state index is -1.58. The number of aliphatic hydroxyl groups is 5. The Kier molecular flexibility index (Phi) is 45.8. The highest BCUT2D eigenvalue weighted by Gasteiger charge is 2.44. The second kappa shape index (κ2) is 48.9. The van der Waals surface area contributed by atoms with Crippen LogP contribution in [0, 0.1) is 0 Å². The summed E-state index contributed by atoms with van der Waals surface area (Å²) in [5.74, 6) is -0.238. The molecule has 11 nitrogen and oxygen atoms in total. The Morgan fingerprint density at radius 1 is 0.514 bits per heavy atom. The van der Waals surface area contributed by atoms with E-state index in [0.717, 1.165) is 89.9 Å². The number of unbranched alkanes of at least 4 members (excludes halogenated alkanes) is 29. The lowest BCUT2D eigenvalue weighted by Crippen LogP contribution is -2.60. The van der Waals surface area contributed by atoms with Gasteiger partial charge in [0.25, 0.3) is 0 Å². The van der Waals surface area contributed by atoms with Crippen molar-refractivity contribution in [3.05, 3.63) is 48.6 Å². The molecule has 0 spiro atoms. The number of nitrogens with one attached hydrogen (secondary N) is 1. The molecule has 1 amide bonds. The van der Waals surface area contributed by atoms with E-state index in [1.807, 2.05) is 6.08 Å². The smallest absolute Gasteiger partial charge is 0.305 e. The molecule has 0 aliphatic carbocycles. The molecule has 0 aromatic rings. The molecule has 1 saturated heterocycles. The predicted molar refractivity (Wildman–Crippen MR) is 287 cm³/mol. The Labute approximate surface area is 427 Å². The van der Waals surface area contributed by atoms with E-state index < -0.39 is 49.5 Å². The molecule has 7 unspecified atom stereocenters. The van der Waals surface area contributed by atoms with Crippen LogP contribution in [0.25, 0.3) is 0 Å². The Bertz CT molecular complexity index is 1300.